The van der Waals surface area contributed by atoms with Crippen molar-refractivity contribution in [3.8, 4) is 0 Å². The van der Waals surface area contributed by atoms with Crippen LogP contribution < -0.4 is 4.31 Å². The highest BCUT2D eigenvalue weighted by Crippen LogP contribution is 2.60. The number of ether oxygens (including phenoxy) is 2. The van der Waals surface area contributed by atoms with E-state index in [0.717, 1.165) is 16.5 Å². The van der Waals surface area contributed by atoms with Gasteiger partial charge >= 0.3 is 12.1 Å². The molecular weight excluding hydrogens is 506 g/mol. The average Bonchev–Trinajstić information content (AvgIpc) is 3.61. The zero-order valence-corrected chi connectivity index (χ0v) is 21.5. The second kappa shape index (κ2) is 8.63. The Morgan fingerprint density at radius 3 is 2.32 bits per heavy atom. The molecule has 1 saturated heterocycles. The van der Waals surface area contributed by atoms with Crippen LogP contribution >= 0.6 is 0 Å². The van der Waals surface area contributed by atoms with Crippen LogP contribution in [0.25, 0.3) is 10.9 Å². The number of methoxy groups -OCH3 is 2. The molecule has 0 radical (unpaired) electrons. The van der Waals surface area contributed by atoms with Gasteiger partial charge in [-0.05, 0) is 41.8 Å². The molecule has 194 valence electrons. The van der Waals surface area contributed by atoms with Crippen LogP contribution in [0.5, 0.6) is 0 Å². The zero-order valence-electron chi connectivity index (χ0n) is 20.7. The molecule has 0 bridgehead atoms. The minimum atomic E-state index is -4.20. The molecule has 3 atom stereocenters. The van der Waals surface area contributed by atoms with Crippen LogP contribution in [0.15, 0.2) is 90.0 Å². The minimum absolute atomic E-state index is 0.0656. The van der Waals surface area contributed by atoms with E-state index in [1.807, 2.05) is 42.6 Å². The molecule has 1 amide bonds. The number of rotatable bonds is 4. The summed E-state index contributed by atoms with van der Waals surface area (Å²) in [6.07, 6.45) is -0.0320. The van der Waals surface area contributed by atoms with Crippen LogP contribution in [-0.4, -0.2) is 56.8 Å². The first-order chi connectivity index (χ1) is 18.4. The van der Waals surface area contributed by atoms with Crippen LogP contribution in [0.4, 0.5) is 10.5 Å². The number of hydrogen-bond donors (Lipinski definition) is 1. The number of nitrogens with one attached hydrogen (secondary N) is 1. The maximum Gasteiger partial charge on any atom is 0.411 e. The van der Waals surface area contributed by atoms with Crippen LogP contribution in [-0.2, 0) is 29.7 Å². The molecule has 3 heterocycles. The van der Waals surface area contributed by atoms with Crippen molar-refractivity contribution < 1.29 is 27.5 Å². The van der Waals surface area contributed by atoms with Crippen LogP contribution in [0.3, 0.4) is 0 Å². The van der Waals surface area contributed by atoms with Gasteiger partial charge in [0.25, 0.3) is 10.0 Å². The lowest BCUT2D eigenvalue weighted by Crippen LogP contribution is -2.56. The van der Waals surface area contributed by atoms with Gasteiger partial charge in [-0.25, -0.2) is 22.3 Å². The van der Waals surface area contributed by atoms with Gasteiger partial charge in [-0.1, -0.05) is 54.6 Å². The highest BCUT2D eigenvalue weighted by Gasteiger charge is 2.67. The van der Waals surface area contributed by atoms with Gasteiger partial charge in [0.05, 0.1) is 30.2 Å². The fourth-order valence-electron chi connectivity index (χ4n) is 6.12. The predicted octanol–water partition coefficient (Wildman–Crippen LogP) is 4.00. The molecule has 3 aromatic carbocycles. The second-order valence-corrected chi connectivity index (χ2v) is 11.2. The number of benzene rings is 3. The number of esters is 1. The third kappa shape index (κ3) is 3.13. The molecule has 0 aliphatic carbocycles. The maximum atomic E-state index is 14.3. The van der Waals surface area contributed by atoms with E-state index in [4.69, 9.17) is 9.47 Å². The number of carbonyl (C=O) groups is 2. The first-order valence-electron chi connectivity index (χ1n) is 12.1. The number of sulfonamides is 1. The number of fused-ring (bicyclic) bond motifs is 4. The van der Waals surface area contributed by atoms with E-state index in [0.29, 0.717) is 11.3 Å². The fourth-order valence-corrected chi connectivity index (χ4v) is 7.81. The van der Waals surface area contributed by atoms with Crippen LogP contribution in [0.1, 0.15) is 17.5 Å². The molecule has 1 fully saturated rings. The number of nitrogens with zero attached hydrogens (tertiary/aromatic N) is 2. The largest absolute Gasteiger partial charge is 0.467 e. The van der Waals surface area contributed by atoms with Crippen molar-refractivity contribution in [3.63, 3.8) is 0 Å². The molecule has 10 heteroatoms. The van der Waals surface area contributed by atoms with Gasteiger partial charge in [0.2, 0.25) is 0 Å². The summed E-state index contributed by atoms with van der Waals surface area (Å²) >= 11 is 0. The molecule has 6 rings (SSSR count). The van der Waals surface area contributed by atoms with Gasteiger partial charge in [0.15, 0.2) is 0 Å². The monoisotopic (exact) mass is 531 g/mol. The van der Waals surface area contributed by atoms with E-state index in [1.165, 1.54) is 35.6 Å². The molecule has 4 aromatic rings. The van der Waals surface area contributed by atoms with E-state index in [1.54, 1.807) is 30.3 Å². The van der Waals surface area contributed by atoms with Crippen molar-refractivity contribution in [2.45, 2.75) is 28.9 Å². The number of aromatic amines is 1. The highest BCUT2D eigenvalue weighted by atomic mass is 32.2. The second-order valence-electron chi connectivity index (χ2n) is 9.34. The summed E-state index contributed by atoms with van der Waals surface area (Å²) < 4.78 is 40.2. The predicted molar refractivity (Wildman–Crippen MR) is 140 cm³/mol. The SMILES string of the molecule is COC(=O)[C@@H]1C[C@]2(c3c[nH]c4ccccc34)c3ccccc3N(S(=O)(=O)c3ccccc3)[C@@H]2N1C(=O)OC. The number of anilines is 1. The summed E-state index contributed by atoms with van der Waals surface area (Å²) in [4.78, 5) is 31.1. The molecule has 9 nitrogen and oxygen atoms in total. The van der Waals surface area contributed by atoms with Crippen molar-refractivity contribution in [2.24, 2.45) is 0 Å². The summed E-state index contributed by atoms with van der Waals surface area (Å²) in [7, 11) is -1.74. The number of para-hydroxylation sites is 2. The van der Waals surface area contributed by atoms with Crippen molar-refractivity contribution in [3.05, 3.63) is 96.2 Å². The van der Waals surface area contributed by atoms with E-state index >= 15 is 0 Å². The van der Waals surface area contributed by atoms with E-state index in [-0.39, 0.29) is 11.3 Å². The first-order valence-corrected chi connectivity index (χ1v) is 13.5. The smallest absolute Gasteiger partial charge is 0.411 e. The molecule has 38 heavy (non-hydrogen) atoms. The lowest BCUT2D eigenvalue weighted by atomic mass is 9.72. The molecular formula is C28H25N3O6S. The molecule has 0 unspecified atom stereocenters. The maximum absolute atomic E-state index is 14.3. The van der Waals surface area contributed by atoms with Gasteiger partial charge in [-0.15, -0.1) is 0 Å². The van der Waals surface area contributed by atoms with Crippen LogP contribution in [0, 0.1) is 0 Å². The van der Waals surface area contributed by atoms with Crippen molar-refractivity contribution >= 4 is 38.7 Å². The topological polar surface area (TPSA) is 109 Å². The van der Waals surface area contributed by atoms with E-state index in [9.17, 15) is 18.0 Å². The summed E-state index contributed by atoms with van der Waals surface area (Å²) in [6.45, 7) is 0. The normalized spacial score (nSPS) is 22.3. The molecule has 2 aliphatic rings. The summed E-state index contributed by atoms with van der Waals surface area (Å²) in [6, 6.07) is 21.8. The Morgan fingerprint density at radius 2 is 1.58 bits per heavy atom. The number of amides is 1. The standard InChI is InChI=1S/C28H25N3O6S/c1-36-25(32)24-16-28(21-17-29-22-14-8-6-12-19(21)22)20-13-7-9-15-23(20)31(26(28)30(24)27(33)37-2)38(34,35)18-10-4-3-5-11-18/h3-15,17,24,26,29H,16H2,1-2H3/t24-,26-,28+/m0/s1. The molecule has 1 aromatic heterocycles. The van der Waals surface area contributed by atoms with E-state index < -0.39 is 39.7 Å². The van der Waals surface area contributed by atoms with E-state index in [2.05, 4.69) is 4.98 Å². The Morgan fingerprint density at radius 1 is 0.895 bits per heavy atom. The molecule has 0 saturated carbocycles. The summed E-state index contributed by atoms with van der Waals surface area (Å²) in [5, 5.41) is 0.863. The van der Waals surface area contributed by atoms with Gasteiger partial charge in [-0.2, -0.15) is 0 Å². The minimum Gasteiger partial charge on any atom is -0.467 e. The molecule has 2 aliphatic heterocycles. The summed E-state index contributed by atoms with van der Waals surface area (Å²) in [5.74, 6) is -0.654. The van der Waals surface area contributed by atoms with Crippen molar-refractivity contribution in [1.82, 2.24) is 9.88 Å². The van der Waals surface area contributed by atoms with Gasteiger partial charge in [0.1, 0.15) is 12.2 Å². The quantitative estimate of drug-likeness (QED) is 0.399. The highest BCUT2D eigenvalue weighted by molar-refractivity contribution is 7.92. The Bertz CT molecular complexity index is 1670. The average molecular weight is 532 g/mol. The summed E-state index contributed by atoms with van der Waals surface area (Å²) in [5.41, 5.74) is 1.64. The van der Waals surface area contributed by atoms with Gasteiger partial charge < -0.3 is 14.5 Å². The Balaban J connectivity index is 1.71. The van der Waals surface area contributed by atoms with Gasteiger partial charge in [0, 0.05) is 17.1 Å². The fraction of sp³-hybridized carbons (Fsp3) is 0.214. The number of likely N-dealkylation sites (tertiary alicyclic amines) is 1. The Labute approximate surface area is 219 Å². The van der Waals surface area contributed by atoms with Crippen molar-refractivity contribution in [1.29, 1.82) is 0 Å². The molecule has 0 spiro atoms. The van der Waals surface area contributed by atoms with Crippen LogP contribution in [0.2, 0.25) is 0 Å². The third-order valence-electron chi connectivity index (χ3n) is 7.63. The Kier molecular flexibility index (Phi) is 5.46. The molecule has 1 N–H and O–H groups in total. The third-order valence-corrected chi connectivity index (χ3v) is 9.41. The zero-order chi connectivity index (χ0) is 26.7. The lowest BCUT2D eigenvalue weighted by molar-refractivity contribution is -0.145. The Hall–Kier alpha value is -4.31. The number of H-pyrrole nitrogens is 1. The van der Waals surface area contributed by atoms with Gasteiger partial charge in [-0.3, -0.25) is 4.90 Å². The first kappa shape index (κ1) is 24.1. The lowest BCUT2D eigenvalue weighted by Gasteiger charge is -2.37. The number of carbonyl (C=O) groups excluding carboxylic acids is 2. The number of aromatic nitrogens is 1. The van der Waals surface area contributed by atoms with Crippen molar-refractivity contribution in [2.75, 3.05) is 18.5 Å². The number of hydrogen-bond acceptors (Lipinski definition) is 6.